The molecule has 138 valence electrons. The molecule has 4 nitrogen and oxygen atoms in total. The summed E-state index contributed by atoms with van der Waals surface area (Å²) in [4.78, 5) is 18.4. The fraction of sp³-hybridized carbons (Fsp3) is 0.381. The van der Waals surface area contributed by atoms with E-state index in [0.717, 1.165) is 60.2 Å². The van der Waals surface area contributed by atoms with Crippen LogP contribution in [0.2, 0.25) is 0 Å². The number of hydrogen-bond donors (Lipinski definition) is 0. The predicted octanol–water partition coefficient (Wildman–Crippen LogP) is 4.16. The van der Waals surface area contributed by atoms with Crippen LogP contribution < -0.4 is 9.64 Å². The first-order valence-corrected chi connectivity index (χ1v) is 10.1. The Labute approximate surface area is 160 Å². The van der Waals surface area contributed by atoms with Crippen molar-refractivity contribution in [2.75, 3.05) is 43.9 Å². The van der Waals surface area contributed by atoms with Gasteiger partial charge in [0.25, 0.3) is 5.91 Å². The minimum atomic E-state index is 0.142. The Bertz CT molecular complexity index is 742. The maximum atomic E-state index is 13.0. The average Bonchev–Trinajstić information content (AvgIpc) is 2.72. The molecular weight excluding hydrogens is 344 g/mol. The summed E-state index contributed by atoms with van der Waals surface area (Å²) in [5.74, 6) is 2.06. The Kier molecular flexibility index (Phi) is 6.45. The summed E-state index contributed by atoms with van der Waals surface area (Å²) in [7, 11) is 1.70. The first-order chi connectivity index (χ1) is 12.7. The zero-order valence-corrected chi connectivity index (χ0v) is 16.3. The molecule has 1 amide bonds. The van der Waals surface area contributed by atoms with Crippen LogP contribution >= 0.6 is 11.8 Å². The van der Waals surface area contributed by atoms with E-state index in [4.69, 9.17) is 4.74 Å². The average molecular weight is 371 g/mol. The van der Waals surface area contributed by atoms with Gasteiger partial charge in [0.05, 0.1) is 18.4 Å². The standard InChI is InChI=1S/C21H26N2O2S/c1-3-16-26-20-11-7-4-8-17(20)21(24)23-14-12-22(13-15-23)18-9-5-6-10-19(18)25-2/h4-11H,3,12-16H2,1-2H3. The molecule has 0 bridgehead atoms. The lowest BCUT2D eigenvalue weighted by Gasteiger charge is -2.36. The fourth-order valence-corrected chi connectivity index (χ4v) is 4.10. The molecule has 1 saturated heterocycles. The molecule has 0 unspecified atom stereocenters. The van der Waals surface area contributed by atoms with E-state index >= 15 is 0 Å². The Morgan fingerprint density at radius 1 is 1.04 bits per heavy atom. The number of hydrogen-bond acceptors (Lipinski definition) is 4. The van der Waals surface area contributed by atoms with Gasteiger partial charge >= 0.3 is 0 Å². The second-order valence-corrected chi connectivity index (χ2v) is 7.43. The number of rotatable bonds is 6. The highest BCUT2D eigenvalue weighted by atomic mass is 32.2. The maximum absolute atomic E-state index is 13.0. The summed E-state index contributed by atoms with van der Waals surface area (Å²) < 4.78 is 5.47. The molecule has 1 fully saturated rings. The van der Waals surface area contributed by atoms with Gasteiger partial charge in [-0.25, -0.2) is 0 Å². The second-order valence-electron chi connectivity index (χ2n) is 6.30. The zero-order chi connectivity index (χ0) is 18.4. The number of nitrogens with zero attached hydrogens (tertiary/aromatic N) is 2. The Balaban J connectivity index is 1.67. The molecule has 0 N–H and O–H groups in total. The fourth-order valence-electron chi connectivity index (χ4n) is 3.19. The van der Waals surface area contributed by atoms with Gasteiger partial charge in [-0.2, -0.15) is 0 Å². The third-order valence-corrected chi connectivity index (χ3v) is 5.85. The molecule has 0 aromatic heterocycles. The normalized spacial score (nSPS) is 14.4. The molecule has 3 rings (SSSR count). The van der Waals surface area contributed by atoms with Gasteiger partial charge in [0.1, 0.15) is 5.75 Å². The van der Waals surface area contributed by atoms with E-state index in [1.54, 1.807) is 18.9 Å². The van der Waals surface area contributed by atoms with Crippen molar-refractivity contribution in [3.8, 4) is 5.75 Å². The van der Waals surface area contributed by atoms with Crippen molar-refractivity contribution in [1.82, 2.24) is 4.90 Å². The number of thioether (sulfide) groups is 1. The van der Waals surface area contributed by atoms with Crippen LogP contribution in [0.5, 0.6) is 5.75 Å². The molecule has 5 heteroatoms. The van der Waals surface area contributed by atoms with Gasteiger partial charge in [-0.05, 0) is 36.4 Å². The van der Waals surface area contributed by atoms with E-state index in [-0.39, 0.29) is 5.91 Å². The van der Waals surface area contributed by atoms with Crippen LogP contribution in [0.25, 0.3) is 0 Å². The second kappa shape index (κ2) is 8.99. The van der Waals surface area contributed by atoms with Crippen LogP contribution in [0.4, 0.5) is 5.69 Å². The molecule has 0 aliphatic carbocycles. The first kappa shape index (κ1) is 18.6. The number of para-hydroxylation sites is 2. The monoisotopic (exact) mass is 370 g/mol. The Morgan fingerprint density at radius 2 is 1.73 bits per heavy atom. The molecular formula is C21H26N2O2S. The van der Waals surface area contributed by atoms with E-state index in [1.807, 2.05) is 41.3 Å². The van der Waals surface area contributed by atoms with Gasteiger partial charge in [-0.1, -0.05) is 31.2 Å². The van der Waals surface area contributed by atoms with Crippen molar-refractivity contribution in [3.05, 3.63) is 54.1 Å². The highest BCUT2D eigenvalue weighted by Crippen LogP contribution is 2.29. The third-order valence-electron chi connectivity index (χ3n) is 4.57. The molecule has 0 radical (unpaired) electrons. The van der Waals surface area contributed by atoms with Crippen LogP contribution in [-0.2, 0) is 0 Å². The van der Waals surface area contributed by atoms with E-state index in [2.05, 4.69) is 24.0 Å². The lowest BCUT2D eigenvalue weighted by atomic mass is 10.1. The van der Waals surface area contributed by atoms with Gasteiger partial charge in [0, 0.05) is 31.1 Å². The Morgan fingerprint density at radius 3 is 2.46 bits per heavy atom. The highest BCUT2D eigenvalue weighted by molar-refractivity contribution is 7.99. The van der Waals surface area contributed by atoms with Crippen molar-refractivity contribution >= 4 is 23.4 Å². The third kappa shape index (κ3) is 4.15. The van der Waals surface area contributed by atoms with Gasteiger partial charge in [-0.3, -0.25) is 4.79 Å². The zero-order valence-electron chi connectivity index (χ0n) is 15.5. The van der Waals surface area contributed by atoms with Crippen molar-refractivity contribution in [1.29, 1.82) is 0 Å². The van der Waals surface area contributed by atoms with Crippen LogP contribution in [-0.4, -0.2) is 49.8 Å². The van der Waals surface area contributed by atoms with Crippen LogP contribution in [0, 0.1) is 0 Å². The van der Waals surface area contributed by atoms with Gasteiger partial charge < -0.3 is 14.5 Å². The van der Waals surface area contributed by atoms with Crippen molar-refractivity contribution in [2.24, 2.45) is 0 Å². The van der Waals surface area contributed by atoms with E-state index in [9.17, 15) is 4.79 Å². The number of methoxy groups -OCH3 is 1. The summed E-state index contributed by atoms with van der Waals surface area (Å²) in [6.07, 6.45) is 1.10. The minimum Gasteiger partial charge on any atom is -0.495 e. The van der Waals surface area contributed by atoms with Gasteiger partial charge in [0.15, 0.2) is 0 Å². The van der Waals surface area contributed by atoms with Gasteiger partial charge in [0.2, 0.25) is 0 Å². The molecule has 2 aromatic rings. The van der Waals surface area contributed by atoms with E-state index in [0.29, 0.717) is 0 Å². The van der Waals surface area contributed by atoms with Gasteiger partial charge in [-0.15, -0.1) is 11.8 Å². The molecule has 1 heterocycles. The number of piperazine rings is 1. The quantitative estimate of drug-likeness (QED) is 0.715. The van der Waals surface area contributed by atoms with Crippen LogP contribution in [0.1, 0.15) is 23.7 Å². The smallest absolute Gasteiger partial charge is 0.255 e. The lowest BCUT2D eigenvalue weighted by Crippen LogP contribution is -2.49. The summed E-state index contributed by atoms with van der Waals surface area (Å²) in [5, 5.41) is 0. The van der Waals surface area contributed by atoms with E-state index in [1.165, 1.54) is 0 Å². The van der Waals surface area contributed by atoms with Crippen molar-refractivity contribution in [3.63, 3.8) is 0 Å². The predicted molar refractivity (Wildman–Crippen MR) is 109 cm³/mol. The number of anilines is 1. The molecule has 0 saturated carbocycles. The van der Waals surface area contributed by atoms with Crippen LogP contribution in [0.15, 0.2) is 53.4 Å². The molecule has 0 spiro atoms. The molecule has 1 aliphatic heterocycles. The number of carbonyl (C=O) groups excluding carboxylic acids is 1. The summed E-state index contributed by atoms with van der Waals surface area (Å²) in [5.41, 5.74) is 1.93. The first-order valence-electron chi connectivity index (χ1n) is 9.13. The number of benzene rings is 2. The SMILES string of the molecule is CCCSc1ccccc1C(=O)N1CCN(c2ccccc2OC)CC1. The number of amides is 1. The maximum Gasteiger partial charge on any atom is 0.255 e. The summed E-state index contributed by atoms with van der Waals surface area (Å²) in [6, 6.07) is 16.0. The summed E-state index contributed by atoms with van der Waals surface area (Å²) >= 11 is 1.77. The van der Waals surface area contributed by atoms with Crippen molar-refractivity contribution in [2.45, 2.75) is 18.2 Å². The highest BCUT2D eigenvalue weighted by Gasteiger charge is 2.25. The largest absolute Gasteiger partial charge is 0.495 e. The topological polar surface area (TPSA) is 32.8 Å². The minimum absolute atomic E-state index is 0.142. The number of ether oxygens (including phenoxy) is 1. The van der Waals surface area contributed by atoms with E-state index < -0.39 is 0 Å². The molecule has 0 atom stereocenters. The lowest BCUT2D eigenvalue weighted by molar-refractivity contribution is 0.0743. The van der Waals surface area contributed by atoms with Crippen LogP contribution in [0.3, 0.4) is 0 Å². The number of carbonyl (C=O) groups is 1. The van der Waals surface area contributed by atoms with Crippen molar-refractivity contribution < 1.29 is 9.53 Å². The summed E-state index contributed by atoms with van der Waals surface area (Å²) in [6.45, 7) is 5.24. The molecule has 2 aromatic carbocycles. The Hall–Kier alpha value is -2.14. The molecule has 1 aliphatic rings. The molecule has 26 heavy (non-hydrogen) atoms.